The minimum Gasteiger partial charge on any atom is -0.464 e. The molecule has 0 aromatic carbocycles. The summed E-state index contributed by atoms with van der Waals surface area (Å²) in [4.78, 5) is 11.1. The Morgan fingerprint density at radius 2 is 2.46 bits per heavy atom. The van der Waals surface area contributed by atoms with Crippen molar-refractivity contribution in [2.75, 3.05) is 13.2 Å². The first-order valence-corrected chi connectivity index (χ1v) is 4.86. The van der Waals surface area contributed by atoms with Crippen LogP contribution >= 0.6 is 0 Å². The van der Waals surface area contributed by atoms with Gasteiger partial charge in [-0.3, -0.25) is 4.79 Å². The molecule has 0 spiro atoms. The zero-order chi connectivity index (χ0) is 9.52. The predicted octanol–water partition coefficient (Wildman–Crippen LogP) is 1.45. The first-order chi connectivity index (χ1) is 6.33. The largest absolute Gasteiger partial charge is 0.464 e. The van der Waals surface area contributed by atoms with Crippen LogP contribution < -0.4 is 5.32 Å². The molecule has 1 fully saturated rings. The van der Waals surface area contributed by atoms with Gasteiger partial charge in [-0.25, -0.2) is 0 Å². The van der Waals surface area contributed by atoms with Crippen LogP contribution in [0.25, 0.3) is 0 Å². The molecule has 0 bridgehead atoms. The Bertz CT molecular complexity index is 153. The zero-order valence-electron chi connectivity index (χ0n) is 7.97. The Labute approximate surface area is 79.8 Å². The van der Waals surface area contributed by atoms with E-state index in [-0.39, 0.29) is 5.97 Å². The standard InChI is InChI=1S/C10H17NO2/c1-2-3-6-10(12)13-8-9-5-4-7-11-9/h11H,1-8H2. The Morgan fingerprint density at radius 3 is 3.08 bits per heavy atom. The maximum Gasteiger partial charge on any atom is 0.305 e. The van der Waals surface area contributed by atoms with Gasteiger partial charge in [0.05, 0.1) is 6.04 Å². The first-order valence-electron chi connectivity index (χ1n) is 4.86. The highest BCUT2D eigenvalue weighted by atomic mass is 16.5. The van der Waals surface area contributed by atoms with E-state index in [0.29, 0.717) is 13.0 Å². The first kappa shape index (κ1) is 10.5. The fourth-order valence-electron chi connectivity index (χ4n) is 1.29. The quantitative estimate of drug-likeness (QED) is 0.656. The van der Waals surface area contributed by atoms with Crippen LogP contribution in [0.2, 0.25) is 0 Å². The van der Waals surface area contributed by atoms with E-state index in [0.717, 1.165) is 38.3 Å². The van der Waals surface area contributed by atoms with Crippen LogP contribution in [0.15, 0.2) is 0 Å². The summed E-state index contributed by atoms with van der Waals surface area (Å²) >= 11 is 0. The Hall–Kier alpha value is -0.570. The second kappa shape index (κ2) is 5.97. The Balaban J connectivity index is 2.00. The van der Waals surface area contributed by atoms with Gasteiger partial charge < -0.3 is 10.1 Å². The second-order valence-corrected chi connectivity index (χ2v) is 3.25. The van der Waals surface area contributed by atoms with Crippen molar-refractivity contribution in [3.05, 3.63) is 13.0 Å². The molecule has 0 saturated carbocycles. The SMILES string of the molecule is [CH2]CCCC(=O)OC[C]1CCCN1. The van der Waals surface area contributed by atoms with E-state index in [1.165, 1.54) is 0 Å². The van der Waals surface area contributed by atoms with Gasteiger partial charge >= 0.3 is 5.97 Å². The maximum atomic E-state index is 11.1. The molecule has 1 aliphatic heterocycles. The van der Waals surface area contributed by atoms with Crippen molar-refractivity contribution in [3.8, 4) is 0 Å². The zero-order valence-corrected chi connectivity index (χ0v) is 7.97. The molecule has 1 rings (SSSR count). The third-order valence-corrected chi connectivity index (χ3v) is 2.07. The average molecular weight is 183 g/mol. The summed E-state index contributed by atoms with van der Waals surface area (Å²) in [6.45, 7) is 5.14. The summed E-state index contributed by atoms with van der Waals surface area (Å²) in [6, 6.07) is 1.16. The molecule has 1 N–H and O–H groups in total. The molecular weight excluding hydrogens is 166 g/mol. The van der Waals surface area contributed by atoms with E-state index in [9.17, 15) is 4.79 Å². The van der Waals surface area contributed by atoms with Gasteiger partial charge in [-0.1, -0.05) is 13.3 Å². The summed E-state index contributed by atoms with van der Waals surface area (Å²) in [5, 5.41) is 3.20. The van der Waals surface area contributed by atoms with Crippen molar-refractivity contribution in [1.82, 2.24) is 5.32 Å². The minimum absolute atomic E-state index is 0.107. The highest BCUT2D eigenvalue weighted by Gasteiger charge is 2.16. The van der Waals surface area contributed by atoms with Crippen LogP contribution in [-0.2, 0) is 9.53 Å². The van der Waals surface area contributed by atoms with Crippen LogP contribution in [0.5, 0.6) is 0 Å². The second-order valence-electron chi connectivity index (χ2n) is 3.25. The third-order valence-electron chi connectivity index (χ3n) is 2.07. The number of carbonyl (C=O) groups is 1. The molecular formula is C10H17NO2. The molecule has 0 aromatic rings. The van der Waals surface area contributed by atoms with Crippen LogP contribution in [0.4, 0.5) is 0 Å². The predicted molar refractivity (Wildman–Crippen MR) is 50.6 cm³/mol. The molecule has 0 amide bonds. The Morgan fingerprint density at radius 1 is 1.62 bits per heavy atom. The van der Waals surface area contributed by atoms with Crippen molar-refractivity contribution >= 4 is 5.97 Å². The smallest absolute Gasteiger partial charge is 0.305 e. The van der Waals surface area contributed by atoms with Crippen LogP contribution in [0.1, 0.15) is 32.1 Å². The third kappa shape index (κ3) is 4.27. The summed E-state index contributed by atoms with van der Waals surface area (Å²) in [5.41, 5.74) is 0. The normalized spacial score (nSPS) is 17.6. The molecule has 3 nitrogen and oxygen atoms in total. The van der Waals surface area contributed by atoms with Gasteiger partial charge in [-0.15, -0.1) is 0 Å². The minimum atomic E-state index is -0.107. The van der Waals surface area contributed by atoms with Crippen LogP contribution in [-0.4, -0.2) is 19.1 Å². The van der Waals surface area contributed by atoms with Crippen molar-refractivity contribution in [1.29, 1.82) is 0 Å². The number of unbranched alkanes of at least 4 members (excludes halogenated alkanes) is 1. The summed E-state index contributed by atoms with van der Waals surface area (Å²) < 4.78 is 5.06. The fourth-order valence-corrected chi connectivity index (χ4v) is 1.29. The van der Waals surface area contributed by atoms with Gasteiger partial charge in [0.15, 0.2) is 0 Å². The number of nitrogens with one attached hydrogen (secondary N) is 1. The molecule has 1 heterocycles. The molecule has 13 heavy (non-hydrogen) atoms. The molecule has 3 heteroatoms. The van der Waals surface area contributed by atoms with E-state index >= 15 is 0 Å². The lowest BCUT2D eigenvalue weighted by Crippen LogP contribution is -2.20. The number of hydrogen-bond donors (Lipinski definition) is 1. The lowest BCUT2D eigenvalue weighted by atomic mass is 10.2. The lowest BCUT2D eigenvalue weighted by Gasteiger charge is -2.09. The monoisotopic (exact) mass is 183 g/mol. The molecule has 2 radical (unpaired) electrons. The van der Waals surface area contributed by atoms with Crippen molar-refractivity contribution in [2.45, 2.75) is 32.1 Å². The van der Waals surface area contributed by atoms with Gasteiger partial charge in [0.25, 0.3) is 0 Å². The van der Waals surface area contributed by atoms with E-state index in [4.69, 9.17) is 4.74 Å². The fraction of sp³-hybridized carbons (Fsp3) is 0.700. The molecule has 0 atom stereocenters. The van der Waals surface area contributed by atoms with Crippen LogP contribution in [0, 0.1) is 13.0 Å². The molecule has 74 valence electrons. The number of esters is 1. The average Bonchev–Trinajstić information content (AvgIpc) is 2.64. The number of carbonyl (C=O) groups excluding carboxylic acids is 1. The van der Waals surface area contributed by atoms with Crippen molar-refractivity contribution in [2.24, 2.45) is 0 Å². The summed E-state index contributed by atoms with van der Waals surface area (Å²) in [5.74, 6) is -0.107. The van der Waals surface area contributed by atoms with Crippen molar-refractivity contribution < 1.29 is 9.53 Å². The van der Waals surface area contributed by atoms with Gasteiger partial charge in [0, 0.05) is 6.42 Å². The molecule has 0 aromatic heterocycles. The molecule has 1 aliphatic rings. The Kier molecular flexibility index (Phi) is 4.83. The summed E-state index contributed by atoms with van der Waals surface area (Å²) in [6.07, 6.45) is 4.32. The van der Waals surface area contributed by atoms with Crippen LogP contribution in [0.3, 0.4) is 0 Å². The highest BCUT2D eigenvalue weighted by molar-refractivity contribution is 5.69. The van der Waals surface area contributed by atoms with Crippen molar-refractivity contribution in [3.63, 3.8) is 0 Å². The van der Waals surface area contributed by atoms with E-state index in [1.54, 1.807) is 0 Å². The topological polar surface area (TPSA) is 38.3 Å². The lowest BCUT2D eigenvalue weighted by molar-refractivity contribution is -0.143. The molecule has 0 unspecified atom stereocenters. The number of hydrogen-bond acceptors (Lipinski definition) is 3. The summed E-state index contributed by atoms with van der Waals surface area (Å²) in [7, 11) is 0. The maximum absolute atomic E-state index is 11.1. The van der Waals surface area contributed by atoms with Gasteiger partial charge in [0.1, 0.15) is 6.61 Å². The van der Waals surface area contributed by atoms with Gasteiger partial charge in [-0.05, 0) is 25.8 Å². The number of ether oxygens (including phenoxy) is 1. The molecule has 1 saturated heterocycles. The molecule has 0 aliphatic carbocycles. The van der Waals surface area contributed by atoms with Gasteiger partial charge in [-0.2, -0.15) is 0 Å². The highest BCUT2D eigenvalue weighted by Crippen LogP contribution is 2.12. The number of rotatable bonds is 5. The van der Waals surface area contributed by atoms with E-state index < -0.39 is 0 Å². The van der Waals surface area contributed by atoms with Gasteiger partial charge in [0.2, 0.25) is 0 Å². The van der Waals surface area contributed by atoms with E-state index in [1.807, 2.05) is 0 Å². The van der Waals surface area contributed by atoms with E-state index in [2.05, 4.69) is 12.2 Å².